The molecule has 1 fully saturated rings. The molecule has 158 valence electrons. The van der Waals surface area contributed by atoms with Crippen molar-refractivity contribution in [3.8, 4) is 11.5 Å². The number of amides is 2. The molecule has 1 aliphatic heterocycles. The van der Waals surface area contributed by atoms with Crippen molar-refractivity contribution in [1.82, 2.24) is 15.2 Å². The van der Waals surface area contributed by atoms with Crippen molar-refractivity contribution in [3.05, 3.63) is 59.8 Å². The van der Waals surface area contributed by atoms with Crippen molar-refractivity contribution in [2.75, 3.05) is 26.8 Å². The van der Waals surface area contributed by atoms with Gasteiger partial charge in [0, 0.05) is 36.8 Å². The van der Waals surface area contributed by atoms with Gasteiger partial charge in [0.15, 0.2) is 11.5 Å². The van der Waals surface area contributed by atoms with Gasteiger partial charge in [-0.3, -0.25) is 0 Å². The first-order valence-electron chi connectivity index (χ1n) is 10.6. The van der Waals surface area contributed by atoms with Crippen molar-refractivity contribution in [2.45, 2.75) is 32.2 Å². The van der Waals surface area contributed by atoms with Crippen LogP contribution in [0.15, 0.2) is 48.5 Å². The van der Waals surface area contributed by atoms with Gasteiger partial charge in [-0.15, -0.1) is 0 Å². The number of urea groups is 1. The van der Waals surface area contributed by atoms with Crippen molar-refractivity contribution >= 4 is 16.9 Å². The summed E-state index contributed by atoms with van der Waals surface area (Å²) in [5, 5.41) is 4.28. The van der Waals surface area contributed by atoms with Crippen molar-refractivity contribution in [3.63, 3.8) is 0 Å². The van der Waals surface area contributed by atoms with Gasteiger partial charge in [0.05, 0.1) is 13.7 Å². The van der Waals surface area contributed by atoms with Crippen LogP contribution in [0.1, 0.15) is 36.9 Å². The van der Waals surface area contributed by atoms with Gasteiger partial charge < -0.3 is 24.7 Å². The van der Waals surface area contributed by atoms with Crippen molar-refractivity contribution < 1.29 is 14.3 Å². The lowest BCUT2D eigenvalue weighted by Crippen LogP contribution is -2.43. The molecule has 0 radical (unpaired) electrons. The molecule has 2 N–H and O–H groups in total. The SMILES string of the molecule is CCOc1ccc(CNC(=O)N2CCC(c3cc4ccccc4[nH]3)CC2)cc1OC. The maximum Gasteiger partial charge on any atom is 0.317 e. The summed E-state index contributed by atoms with van der Waals surface area (Å²) in [5.74, 6) is 1.87. The zero-order chi connectivity index (χ0) is 20.9. The van der Waals surface area contributed by atoms with Crippen LogP contribution < -0.4 is 14.8 Å². The molecule has 4 rings (SSSR count). The second kappa shape index (κ2) is 9.11. The first kappa shape index (κ1) is 20.1. The number of benzene rings is 2. The molecular formula is C24H29N3O3. The fourth-order valence-electron chi connectivity index (χ4n) is 4.10. The highest BCUT2D eigenvalue weighted by atomic mass is 16.5. The minimum Gasteiger partial charge on any atom is -0.493 e. The number of piperidine rings is 1. The van der Waals surface area contributed by atoms with Gasteiger partial charge >= 0.3 is 6.03 Å². The second-order valence-electron chi connectivity index (χ2n) is 7.65. The predicted molar refractivity (Wildman–Crippen MR) is 118 cm³/mol. The molecule has 1 saturated heterocycles. The van der Waals surface area contributed by atoms with E-state index in [1.807, 2.05) is 30.0 Å². The molecule has 2 heterocycles. The predicted octanol–water partition coefficient (Wildman–Crippen LogP) is 4.66. The summed E-state index contributed by atoms with van der Waals surface area (Å²) in [6.45, 7) is 4.51. The average Bonchev–Trinajstić information content (AvgIpc) is 3.23. The Labute approximate surface area is 177 Å². The third-order valence-electron chi connectivity index (χ3n) is 5.74. The standard InChI is InChI=1S/C24H29N3O3/c1-3-30-22-9-8-17(14-23(22)29-2)16-25-24(28)27-12-10-18(11-13-27)21-15-19-6-4-5-7-20(19)26-21/h4-9,14-15,18,26H,3,10-13,16H2,1-2H3,(H,25,28). The number of likely N-dealkylation sites (tertiary alicyclic amines) is 1. The summed E-state index contributed by atoms with van der Waals surface area (Å²) in [6.07, 6.45) is 1.94. The number of carbonyl (C=O) groups is 1. The van der Waals surface area contributed by atoms with Crippen LogP contribution >= 0.6 is 0 Å². The molecule has 6 heteroatoms. The van der Waals surface area contributed by atoms with Gasteiger partial charge in [-0.25, -0.2) is 4.79 Å². The molecule has 2 amide bonds. The Kier molecular flexibility index (Phi) is 6.12. The number of nitrogens with zero attached hydrogens (tertiary/aromatic N) is 1. The van der Waals surface area contributed by atoms with Crippen LogP contribution in [0.2, 0.25) is 0 Å². The van der Waals surface area contributed by atoms with E-state index in [-0.39, 0.29) is 6.03 Å². The monoisotopic (exact) mass is 407 g/mol. The summed E-state index contributed by atoms with van der Waals surface area (Å²) < 4.78 is 10.9. The van der Waals surface area contributed by atoms with Gasteiger partial charge in [0.25, 0.3) is 0 Å². The topological polar surface area (TPSA) is 66.6 Å². The molecule has 0 aliphatic carbocycles. The first-order valence-corrected chi connectivity index (χ1v) is 10.6. The fraction of sp³-hybridized carbons (Fsp3) is 0.375. The number of hydrogen-bond acceptors (Lipinski definition) is 3. The van der Waals surface area contributed by atoms with E-state index in [1.165, 1.54) is 16.6 Å². The number of aromatic nitrogens is 1. The normalized spacial score (nSPS) is 14.7. The highest BCUT2D eigenvalue weighted by molar-refractivity contribution is 5.80. The van der Waals surface area contributed by atoms with Gasteiger partial charge in [0.1, 0.15) is 0 Å². The van der Waals surface area contributed by atoms with Crippen LogP contribution in [-0.4, -0.2) is 42.7 Å². The molecule has 0 unspecified atom stereocenters. The van der Waals surface area contributed by atoms with Crippen LogP contribution in [0, 0.1) is 0 Å². The molecule has 0 saturated carbocycles. The zero-order valence-corrected chi connectivity index (χ0v) is 17.6. The van der Waals surface area contributed by atoms with Crippen LogP contribution in [0.3, 0.4) is 0 Å². The third-order valence-corrected chi connectivity index (χ3v) is 5.74. The molecule has 1 aliphatic rings. The number of fused-ring (bicyclic) bond motifs is 1. The van der Waals surface area contributed by atoms with Crippen molar-refractivity contribution in [2.24, 2.45) is 0 Å². The average molecular weight is 408 g/mol. The molecule has 0 atom stereocenters. The van der Waals surface area contributed by atoms with E-state index < -0.39 is 0 Å². The Bertz CT molecular complexity index is 973. The molecule has 0 bridgehead atoms. The van der Waals surface area contributed by atoms with Gasteiger partial charge in [0.2, 0.25) is 0 Å². The Morgan fingerprint density at radius 1 is 1.13 bits per heavy atom. The minimum atomic E-state index is -0.0158. The lowest BCUT2D eigenvalue weighted by atomic mass is 9.94. The Morgan fingerprint density at radius 2 is 1.93 bits per heavy atom. The number of H-pyrrole nitrogens is 1. The number of ether oxygens (including phenoxy) is 2. The maximum absolute atomic E-state index is 12.6. The van der Waals surface area contributed by atoms with Crippen LogP contribution in [0.5, 0.6) is 11.5 Å². The molecule has 0 spiro atoms. The first-order chi connectivity index (χ1) is 14.7. The molecule has 2 aromatic carbocycles. The smallest absolute Gasteiger partial charge is 0.317 e. The van der Waals surface area contributed by atoms with E-state index in [0.717, 1.165) is 31.5 Å². The Hall–Kier alpha value is -3.15. The second-order valence-corrected chi connectivity index (χ2v) is 7.65. The van der Waals surface area contributed by atoms with Gasteiger partial charge in [-0.2, -0.15) is 0 Å². The highest BCUT2D eigenvalue weighted by Crippen LogP contribution is 2.30. The number of para-hydroxylation sites is 1. The molecule has 6 nitrogen and oxygen atoms in total. The maximum atomic E-state index is 12.6. The van der Waals surface area contributed by atoms with E-state index >= 15 is 0 Å². The number of aromatic amines is 1. The van der Waals surface area contributed by atoms with Gasteiger partial charge in [-0.05, 0) is 55.0 Å². The van der Waals surface area contributed by atoms with Gasteiger partial charge in [-0.1, -0.05) is 24.3 Å². The van der Waals surface area contributed by atoms with E-state index in [9.17, 15) is 4.79 Å². The molecule has 1 aromatic heterocycles. The summed E-state index contributed by atoms with van der Waals surface area (Å²) >= 11 is 0. The number of rotatable bonds is 6. The third kappa shape index (κ3) is 4.37. The number of carbonyl (C=O) groups excluding carboxylic acids is 1. The Balaban J connectivity index is 1.30. The summed E-state index contributed by atoms with van der Waals surface area (Å²) in [4.78, 5) is 18.1. The summed E-state index contributed by atoms with van der Waals surface area (Å²) in [6, 6.07) is 16.3. The summed E-state index contributed by atoms with van der Waals surface area (Å²) in [5.41, 5.74) is 3.44. The zero-order valence-electron chi connectivity index (χ0n) is 17.6. The number of methoxy groups -OCH3 is 1. The molecular weight excluding hydrogens is 378 g/mol. The summed E-state index contributed by atoms with van der Waals surface area (Å²) in [7, 11) is 1.62. The number of nitrogens with one attached hydrogen (secondary N) is 2. The van der Waals surface area contributed by atoms with E-state index in [2.05, 4.69) is 40.6 Å². The lowest BCUT2D eigenvalue weighted by molar-refractivity contribution is 0.180. The largest absolute Gasteiger partial charge is 0.493 e. The highest BCUT2D eigenvalue weighted by Gasteiger charge is 2.24. The molecule has 3 aromatic rings. The van der Waals surface area contributed by atoms with E-state index in [4.69, 9.17) is 9.47 Å². The van der Waals surface area contributed by atoms with Crippen LogP contribution in [0.25, 0.3) is 10.9 Å². The van der Waals surface area contributed by atoms with E-state index in [0.29, 0.717) is 30.6 Å². The fourth-order valence-corrected chi connectivity index (χ4v) is 4.10. The number of hydrogen-bond donors (Lipinski definition) is 2. The van der Waals surface area contributed by atoms with Crippen molar-refractivity contribution in [1.29, 1.82) is 0 Å². The Morgan fingerprint density at radius 3 is 2.67 bits per heavy atom. The molecule has 30 heavy (non-hydrogen) atoms. The van der Waals surface area contributed by atoms with Crippen LogP contribution in [0.4, 0.5) is 4.79 Å². The quantitative estimate of drug-likeness (QED) is 0.624. The lowest BCUT2D eigenvalue weighted by Gasteiger charge is -2.31. The van der Waals surface area contributed by atoms with E-state index in [1.54, 1.807) is 7.11 Å². The minimum absolute atomic E-state index is 0.0158. The van der Waals surface area contributed by atoms with Crippen LogP contribution in [-0.2, 0) is 6.54 Å².